The number of rotatable bonds is 12. The van der Waals surface area contributed by atoms with Crippen LogP contribution in [0, 0.1) is 11.8 Å². The van der Waals surface area contributed by atoms with Crippen molar-refractivity contribution in [3.8, 4) is 0 Å². The van der Waals surface area contributed by atoms with Crippen LogP contribution in [0.2, 0.25) is 0 Å². The molecule has 36 heavy (non-hydrogen) atoms. The predicted molar refractivity (Wildman–Crippen MR) is 149 cm³/mol. The Labute approximate surface area is 223 Å². The molecule has 0 saturated carbocycles. The van der Waals surface area contributed by atoms with Crippen LogP contribution in [0.4, 0.5) is 0 Å². The zero-order valence-corrected chi connectivity index (χ0v) is 23.6. The first-order chi connectivity index (χ1) is 16.7. The van der Waals surface area contributed by atoms with Gasteiger partial charge in [-0.05, 0) is 49.4 Å². The Kier molecular flexibility index (Phi) is 12.0. The van der Waals surface area contributed by atoms with Crippen molar-refractivity contribution in [2.45, 2.75) is 57.0 Å². The minimum Gasteiger partial charge on any atom is -0.302 e. The summed E-state index contributed by atoms with van der Waals surface area (Å²) >= 11 is 0. The first kappa shape index (κ1) is 30.5. The molecule has 2 aromatic rings. The van der Waals surface area contributed by atoms with Crippen LogP contribution in [-0.4, -0.2) is 62.8 Å². The lowest BCUT2D eigenvalue weighted by Crippen LogP contribution is -2.52. The molecule has 8 heteroatoms. The summed E-state index contributed by atoms with van der Waals surface area (Å²) in [5.41, 5.74) is 1.15. The summed E-state index contributed by atoms with van der Waals surface area (Å²) in [5, 5.41) is 3.58. The van der Waals surface area contributed by atoms with E-state index in [9.17, 15) is 13.2 Å². The molecule has 0 amide bonds. The highest BCUT2D eigenvalue weighted by molar-refractivity contribution is 7.89. The Bertz CT molecular complexity index is 1030. The summed E-state index contributed by atoms with van der Waals surface area (Å²) in [6.07, 6.45) is 2.73. The number of sulfonamides is 1. The van der Waals surface area contributed by atoms with Gasteiger partial charge in [0, 0.05) is 38.5 Å². The Hall–Kier alpha value is -1.77. The smallest absolute Gasteiger partial charge is 0.242 e. The number of likely N-dealkylation sites (N-methyl/N-ethyl adjacent to an activating group) is 1. The summed E-state index contributed by atoms with van der Waals surface area (Å²) in [4.78, 5) is 15.4. The minimum absolute atomic E-state index is 0. The maximum absolute atomic E-state index is 13.2. The van der Waals surface area contributed by atoms with Crippen LogP contribution in [0.1, 0.15) is 51.5 Å². The summed E-state index contributed by atoms with van der Waals surface area (Å²) in [7, 11) is -1.89. The number of carbonyl (C=O) groups is 1. The molecule has 1 unspecified atom stereocenters. The number of carbonyl (C=O) groups excluding carboxylic acids is 1. The van der Waals surface area contributed by atoms with E-state index in [1.807, 2.05) is 38.1 Å². The van der Waals surface area contributed by atoms with Crippen molar-refractivity contribution in [3.63, 3.8) is 0 Å². The van der Waals surface area contributed by atoms with Crippen molar-refractivity contribution in [2.24, 2.45) is 11.8 Å². The van der Waals surface area contributed by atoms with E-state index in [0.717, 1.165) is 44.5 Å². The number of halogens is 1. The average Bonchev–Trinajstić information content (AvgIpc) is 2.87. The fourth-order valence-corrected chi connectivity index (χ4v) is 6.29. The summed E-state index contributed by atoms with van der Waals surface area (Å²) in [6, 6.07) is 18.8. The van der Waals surface area contributed by atoms with E-state index in [-0.39, 0.29) is 36.3 Å². The van der Waals surface area contributed by atoms with Crippen molar-refractivity contribution in [3.05, 3.63) is 66.2 Å². The van der Waals surface area contributed by atoms with Crippen LogP contribution in [0.3, 0.4) is 0 Å². The number of hydrogen-bond acceptors (Lipinski definition) is 5. The maximum atomic E-state index is 13.2. The molecule has 0 spiro atoms. The molecule has 0 aliphatic carbocycles. The monoisotopic (exact) mass is 535 g/mol. The number of ketones is 1. The van der Waals surface area contributed by atoms with Gasteiger partial charge in [-0.3, -0.25) is 9.69 Å². The van der Waals surface area contributed by atoms with E-state index in [1.54, 1.807) is 31.3 Å². The van der Waals surface area contributed by atoms with Crippen LogP contribution >= 0.6 is 12.4 Å². The van der Waals surface area contributed by atoms with Gasteiger partial charge in [0.05, 0.1) is 11.1 Å². The molecule has 1 aliphatic heterocycles. The molecule has 0 bridgehead atoms. The second-order valence-corrected chi connectivity index (χ2v) is 11.9. The molecule has 1 N–H and O–H groups in total. The third-order valence-corrected chi connectivity index (χ3v) is 8.93. The van der Waals surface area contributed by atoms with Crippen LogP contribution in [0.25, 0.3) is 0 Å². The second kappa shape index (κ2) is 14.2. The average molecular weight is 536 g/mol. The highest BCUT2D eigenvalue weighted by Crippen LogP contribution is 2.28. The molecule has 1 aliphatic rings. The summed E-state index contributed by atoms with van der Waals surface area (Å²) in [6.45, 7) is 9.06. The van der Waals surface area contributed by atoms with Crippen molar-refractivity contribution >= 4 is 28.2 Å². The summed E-state index contributed by atoms with van der Waals surface area (Å²) < 4.78 is 27.8. The summed E-state index contributed by atoms with van der Waals surface area (Å²) in [5.74, 6) is 0.611. The topological polar surface area (TPSA) is 69.7 Å². The Morgan fingerprint density at radius 2 is 1.69 bits per heavy atom. The van der Waals surface area contributed by atoms with Gasteiger partial charge >= 0.3 is 0 Å². The third-order valence-electron chi connectivity index (χ3n) is 7.09. The van der Waals surface area contributed by atoms with E-state index in [0.29, 0.717) is 17.2 Å². The minimum atomic E-state index is -3.56. The standard InChI is InChI=1S/C28H41N3O3S.ClH/c1-5-29-27-20-24(28(32)22(2)3)16-18-31(27)19-17-25(23-12-8-6-9-13-23)21-30(4)35(33,34)26-14-10-7-11-15-26;/h6-15,22,24-25,27,29H,5,16-21H2,1-4H3;1H/t24-,25?,27+;/m0./s1. The van der Waals surface area contributed by atoms with Gasteiger partial charge in [-0.1, -0.05) is 69.3 Å². The van der Waals surface area contributed by atoms with Crippen molar-refractivity contribution < 1.29 is 13.2 Å². The van der Waals surface area contributed by atoms with E-state index in [2.05, 4.69) is 29.3 Å². The van der Waals surface area contributed by atoms with Crippen LogP contribution in [-0.2, 0) is 14.8 Å². The van der Waals surface area contributed by atoms with E-state index in [1.165, 1.54) is 4.31 Å². The fourth-order valence-electron chi connectivity index (χ4n) is 5.05. The number of Topliss-reactive ketones (excluding diaryl/α,β-unsaturated/α-hetero) is 1. The first-order valence-electron chi connectivity index (χ1n) is 12.8. The Balaban J connectivity index is 0.00000456. The van der Waals surface area contributed by atoms with Crippen LogP contribution in [0.5, 0.6) is 0 Å². The van der Waals surface area contributed by atoms with Gasteiger partial charge in [-0.25, -0.2) is 12.7 Å². The molecule has 2 aromatic carbocycles. The molecule has 3 rings (SSSR count). The number of benzene rings is 2. The highest BCUT2D eigenvalue weighted by Gasteiger charge is 2.33. The van der Waals surface area contributed by atoms with Gasteiger partial charge in [0.1, 0.15) is 5.78 Å². The number of nitrogens with one attached hydrogen (secondary N) is 1. The molecule has 1 fully saturated rings. The predicted octanol–water partition coefficient (Wildman–Crippen LogP) is 4.78. The Morgan fingerprint density at radius 1 is 1.08 bits per heavy atom. The molecule has 1 saturated heterocycles. The zero-order chi connectivity index (χ0) is 25.4. The van der Waals surface area contributed by atoms with Crippen molar-refractivity contribution in [1.82, 2.24) is 14.5 Å². The van der Waals surface area contributed by atoms with E-state index >= 15 is 0 Å². The van der Waals surface area contributed by atoms with Crippen molar-refractivity contribution in [2.75, 3.05) is 33.2 Å². The second-order valence-electron chi connectivity index (χ2n) is 9.88. The van der Waals surface area contributed by atoms with E-state index < -0.39 is 10.0 Å². The molecular weight excluding hydrogens is 494 g/mol. The molecule has 3 atom stereocenters. The molecule has 0 radical (unpaired) electrons. The molecule has 1 heterocycles. The third kappa shape index (κ3) is 7.86. The normalized spacial score (nSPS) is 19.7. The van der Waals surface area contributed by atoms with E-state index in [4.69, 9.17) is 0 Å². The van der Waals surface area contributed by atoms with Crippen LogP contribution < -0.4 is 5.32 Å². The highest BCUT2D eigenvalue weighted by atomic mass is 35.5. The van der Waals surface area contributed by atoms with Gasteiger partial charge in [0.2, 0.25) is 10.0 Å². The number of piperidine rings is 1. The van der Waals surface area contributed by atoms with Gasteiger partial charge < -0.3 is 5.32 Å². The van der Waals surface area contributed by atoms with Gasteiger partial charge in [0.15, 0.2) is 0 Å². The number of hydrogen-bond donors (Lipinski definition) is 1. The number of likely N-dealkylation sites (tertiary alicyclic amines) is 1. The van der Waals surface area contributed by atoms with Gasteiger partial charge in [-0.15, -0.1) is 12.4 Å². The quantitative estimate of drug-likeness (QED) is 0.424. The largest absolute Gasteiger partial charge is 0.302 e. The maximum Gasteiger partial charge on any atom is 0.242 e. The SMILES string of the molecule is CCN[C@H]1C[C@@H](C(=O)C(C)C)CCN1CCC(CN(C)S(=O)(=O)c1ccccc1)c1ccccc1.Cl. The molecule has 6 nitrogen and oxygen atoms in total. The molecular formula is C28H42ClN3O3S. The van der Waals surface area contributed by atoms with Crippen molar-refractivity contribution in [1.29, 1.82) is 0 Å². The van der Waals surface area contributed by atoms with Crippen LogP contribution in [0.15, 0.2) is 65.6 Å². The lowest BCUT2D eigenvalue weighted by Gasteiger charge is -2.40. The first-order valence-corrected chi connectivity index (χ1v) is 14.3. The molecule has 0 aromatic heterocycles. The number of nitrogens with zero attached hydrogens (tertiary/aromatic N) is 2. The van der Waals surface area contributed by atoms with Gasteiger partial charge in [0.25, 0.3) is 0 Å². The molecule has 200 valence electrons. The lowest BCUT2D eigenvalue weighted by molar-refractivity contribution is -0.128. The lowest BCUT2D eigenvalue weighted by atomic mass is 9.85. The zero-order valence-electron chi connectivity index (χ0n) is 22.0. The Morgan fingerprint density at radius 3 is 2.28 bits per heavy atom. The van der Waals surface area contributed by atoms with Gasteiger partial charge in [-0.2, -0.15) is 0 Å². The fraction of sp³-hybridized carbons (Fsp3) is 0.536.